The molecule has 0 bridgehead atoms. The summed E-state index contributed by atoms with van der Waals surface area (Å²) in [4.78, 5) is 26.7. The molecule has 0 amide bonds. The van der Waals surface area contributed by atoms with Crippen molar-refractivity contribution in [2.24, 2.45) is 0 Å². The predicted octanol–water partition coefficient (Wildman–Crippen LogP) is -1.33. The van der Waals surface area contributed by atoms with E-state index in [1.165, 1.54) is 7.11 Å². The number of carbonyl (C=O) groups excluding carboxylic acids is 1. The number of carbonyl (C=O) groups is 1. The number of hydrogen-bond acceptors (Lipinski definition) is 5. The molecule has 0 unspecified atom stereocenters. The second-order valence-corrected chi connectivity index (χ2v) is 3.43. The van der Waals surface area contributed by atoms with Crippen molar-refractivity contribution in [1.29, 1.82) is 0 Å². The minimum atomic E-state index is -4.61. The van der Waals surface area contributed by atoms with Crippen LogP contribution in [0, 0.1) is 0 Å². The molecule has 0 aromatic heterocycles. The molecule has 0 aromatic carbocycles. The predicted molar refractivity (Wildman–Crippen MR) is 40.9 cm³/mol. The fourth-order valence-electron chi connectivity index (χ4n) is 0.572. The summed E-state index contributed by atoms with van der Waals surface area (Å²) < 4.78 is 18.6. The van der Waals surface area contributed by atoms with Crippen LogP contribution in [0.15, 0.2) is 0 Å². The van der Waals surface area contributed by atoms with E-state index >= 15 is 0 Å². The number of aliphatic hydroxyl groups excluding tert-OH is 1. The average molecular weight is 214 g/mol. The highest BCUT2D eigenvalue weighted by atomic mass is 31.2. The molecule has 0 saturated heterocycles. The lowest BCUT2D eigenvalue weighted by atomic mass is 10.2. The van der Waals surface area contributed by atoms with Crippen molar-refractivity contribution in [3.05, 3.63) is 0 Å². The number of aliphatic hydroxyl groups is 1. The van der Waals surface area contributed by atoms with Crippen molar-refractivity contribution in [1.82, 2.24) is 0 Å². The number of aldehydes is 1. The molecule has 2 atom stereocenters. The van der Waals surface area contributed by atoms with Gasteiger partial charge in [0.15, 0.2) is 6.29 Å². The summed E-state index contributed by atoms with van der Waals surface area (Å²) in [7, 11) is -3.43. The Morgan fingerprint density at radius 1 is 1.54 bits per heavy atom. The number of ether oxygens (including phenoxy) is 1. The van der Waals surface area contributed by atoms with Gasteiger partial charge in [0.05, 0.1) is 6.61 Å². The molecule has 0 aliphatic rings. The second-order valence-electron chi connectivity index (χ2n) is 2.19. The van der Waals surface area contributed by atoms with Gasteiger partial charge in [-0.3, -0.25) is 4.52 Å². The standard InChI is InChI=1S/C5H11O7P/c1-11-5(2-6)4(7)3-12-13(8,9)10/h2,4-5,7H,3H2,1H3,(H2,8,9,10)/t4-,5+/m1/s1. The first-order valence-electron chi connectivity index (χ1n) is 3.27. The van der Waals surface area contributed by atoms with Gasteiger partial charge in [-0.15, -0.1) is 0 Å². The fourth-order valence-corrected chi connectivity index (χ4v) is 0.919. The molecule has 78 valence electrons. The smallest absolute Gasteiger partial charge is 0.388 e. The maximum Gasteiger partial charge on any atom is 0.469 e. The van der Waals surface area contributed by atoms with E-state index in [2.05, 4.69) is 9.26 Å². The van der Waals surface area contributed by atoms with Crippen LogP contribution in [0.4, 0.5) is 0 Å². The number of phosphoric ester groups is 1. The van der Waals surface area contributed by atoms with E-state index < -0.39 is 26.6 Å². The number of methoxy groups -OCH3 is 1. The van der Waals surface area contributed by atoms with Gasteiger partial charge in [0.1, 0.15) is 12.2 Å². The first-order valence-corrected chi connectivity index (χ1v) is 4.80. The van der Waals surface area contributed by atoms with Crippen LogP contribution >= 0.6 is 7.82 Å². The Labute approximate surface area is 74.5 Å². The van der Waals surface area contributed by atoms with Gasteiger partial charge in [-0.25, -0.2) is 4.57 Å². The topological polar surface area (TPSA) is 113 Å². The first kappa shape index (κ1) is 12.7. The summed E-state index contributed by atoms with van der Waals surface area (Å²) in [6, 6.07) is 0. The first-order chi connectivity index (χ1) is 5.90. The number of phosphoric acid groups is 1. The van der Waals surface area contributed by atoms with Crippen LogP contribution in [0.2, 0.25) is 0 Å². The molecular formula is C5H11O7P. The summed E-state index contributed by atoms with van der Waals surface area (Å²) in [5, 5.41) is 9.05. The molecular weight excluding hydrogens is 203 g/mol. The normalized spacial score (nSPS) is 16.6. The van der Waals surface area contributed by atoms with Crippen LogP contribution in [0.3, 0.4) is 0 Å². The Morgan fingerprint density at radius 3 is 2.38 bits per heavy atom. The van der Waals surface area contributed by atoms with Gasteiger partial charge >= 0.3 is 7.82 Å². The SMILES string of the molecule is CO[C@@H](C=O)[C@H](O)COP(=O)(O)O. The van der Waals surface area contributed by atoms with Crippen molar-refractivity contribution in [3.8, 4) is 0 Å². The van der Waals surface area contributed by atoms with Crippen LogP contribution in [0.25, 0.3) is 0 Å². The van der Waals surface area contributed by atoms with E-state index in [4.69, 9.17) is 14.9 Å². The van der Waals surface area contributed by atoms with Gasteiger partial charge in [-0.2, -0.15) is 0 Å². The Balaban J connectivity index is 3.92. The molecule has 7 nitrogen and oxygen atoms in total. The molecule has 0 heterocycles. The van der Waals surface area contributed by atoms with Crippen LogP contribution in [0.1, 0.15) is 0 Å². The van der Waals surface area contributed by atoms with Crippen molar-refractivity contribution >= 4 is 14.1 Å². The van der Waals surface area contributed by atoms with Gasteiger partial charge in [0.2, 0.25) is 0 Å². The molecule has 3 N–H and O–H groups in total. The molecule has 0 fully saturated rings. The molecule has 0 radical (unpaired) electrons. The van der Waals surface area contributed by atoms with E-state index in [9.17, 15) is 9.36 Å². The fraction of sp³-hybridized carbons (Fsp3) is 0.800. The minimum absolute atomic E-state index is 0.313. The van der Waals surface area contributed by atoms with Gasteiger partial charge in [-0.05, 0) is 0 Å². The monoisotopic (exact) mass is 214 g/mol. The maximum absolute atomic E-state index is 10.2. The molecule has 8 heteroatoms. The summed E-state index contributed by atoms with van der Waals surface area (Å²) in [5.74, 6) is 0. The zero-order chi connectivity index (χ0) is 10.5. The molecule has 0 rings (SSSR count). The Morgan fingerprint density at radius 2 is 2.08 bits per heavy atom. The Hall–Kier alpha value is -0.300. The molecule has 0 aromatic rings. The Bertz CT molecular complexity index is 199. The summed E-state index contributed by atoms with van der Waals surface area (Å²) in [5.41, 5.74) is 0. The molecule has 0 saturated carbocycles. The quantitative estimate of drug-likeness (QED) is 0.370. The highest BCUT2D eigenvalue weighted by Gasteiger charge is 2.22. The van der Waals surface area contributed by atoms with E-state index in [1.54, 1.807) is 0 Å². The van der Waals surface area contributed by atoms with E-state index in [-0.39, 0.29) is 0 Å². The Kier molecular flexibility index (Phi) is 5.31. The van der Waals surface area contributed by atoms with Crippen LogP contribution in [0.5, 0.6) is 0 Å². The third-order valence-corrected chi connectivity index (χ3v) is 1.68. The van der Waals surface area contributed by atoms with Crippen LogP contribution in [-0.4, -0.2) is 47.1 Å². The zero-order valence-electron chi connectivity index (χ0n) is 6.86. The molecule has 0 aliphatic carbocycles. The number of hydrogen-bond donors (Lipinski definition) is 3. The molecule has 0 spiro atoms. The van der Waals surface area contributed by atoms with Crippen molar-refractivity contribution < 1.29 is 33.5 Å². The lowest BCUT2D eigenvalue weighted by Gasteiger charge is -2.15. The summed E-state index contributed by atoms with van der Waals surface area (Å²) in [6.07, 6.45) is -2.23. The van der Waals surface area contributed by atoms with Gasteiger partial charge in [0, 0.05) is 7.11 Å². The maximum atomic E-state index is 10.2. The highest BCUT2D eigenvalue weighted by Crippen LogP contribution is 2.35. The van der Waals surface area contributed by atoms with E-state index in [0.29, 0.717) is 6.29 Å². The lowest BCUT2D eigenvalue weighted by molar-refractivity contribution is -0.124. The molecule has 13 heavy (non-hydrogen) atoms. The van der Waals surface area contributed by atoms with Crippen molar-refractivity contribution in [3.63, 3.8) is 0 Å². The van der Waals surface area contributed by atoms with E-state index in [0.717, 1.165) is 0 Å². The van der Waals surface area contributed by atoms with Gasteiger partial charge in [-0.1, -0.05) is 0 Å². The number of rotatable bonds is 6. The van der Waals surface area contributed by atoms with Crippen LogP contribution < -0.4 is 0 Å². The molecule has 0 aliphatic heterocycles. The third-order valence-electron chi connectivity index (χ3n) is 1.20. The minimum Gasteiger partial charge on any atom is -0.388 e. The lowest BCUT2D eigenvalue weighted by Crippen LogP contribution is -2.33. The average Bonchev–Trinajstić information content (AvgIpc) is 2.02. The van der Waals surface area contributed by atoms with E-state index in [1.807, 2.05) is 0 Å². The van der Waals surface area contributed by atoms with Crippen molar-refractivity contribution in [2.75, 3.05) is 13.7 Å². The largest absolute Gasteiger partial charge is 0.469 e. The van der Waals surface area contributed by atoms with Gasteiger partial charge in [0.25, 0.3) is 0 Å². The zero-order valence-corrected chi connectivity index (χ0v) is 7.76. The van der Waals surface area contributed by atoms with Crippen LogP contribution in [-0.2, 0) is 18.6 Å². The second kappa shape index (κ2) is 5.43. The third kappa shape index (κ3) is 5.87. The summed E-state index contributed by atoms with van der Waals surface area (Å²) in [6.45, 7) is -0.665. The summed E-state index contributed by atoms with van der Waals surface area (Å²) >= 11 is 0. The van der Waals surface area contributed by atoms with Crippen molar-refractivity contribution in [2.45, 2.75) is 12.2 Å². The highest BCUT2D eigenvalue weighted by molar-refractivity contribution is 7.46. The van der Waals surface area contributed by atoms with Gasteiger partial charge < -0.3 is 24.4 Å².